The number of rotatable bonds is 2. The molecule has 1 heterocycles. The van der Waals surface area contributed by atoms with E-state index in [2.05, 4.69) is 9.97 Å². The van der Waals surface area contributed by atoms with E-state index in [1.807, 2.05) is 31.2 Å². The SMILES string of the molecule is CCC(=O)N(C)c1nc2ccccc2[nH]1. The van der Waals surface area contributed by atoms with Crippen molar-refractivity contribution in [3.8, 4) is 0 Å². The molecule has 0 aliphatic heterocycles. The fourth-order valence-electron chi connectivity index (χ4n) is 1.45. The minimum Gasteiger partial charge on any atom is -0.324 e. The van der Waals surface area contributed by atoms with Crippen molar-refractivity contribution < 1.29 is 4.79 Å². The average molecular weight is 203 g/mol. The average Bonchev–Trinajstić information content (AvgIpc) is 2.70. The van der Waals surface area contributed by atoms with Crippen molar-refractivity contribution in [2.45, 2.75) is 13.3 Å². The van der Waals surface area contributed by atoms with E-state index < -0.39 is 0 Å². The van der Waals surface area contributed by atoms with Gasteiger partial charge in [-0.1, -0.05) is 19.1 Å². The van der Waals surface area contributed by atoms with Crippen LogP contribution in [0.4, 0.5) is 5.95 Å². The topological polar surface area (TPSA) is 49.0 Å². The minimum absolute atomic E-state index is 0.0501. The predicted octanol–water partition coefficient (Wildman–Crippen LogP) is 1.94. The van der Waals surface area contributed by atoms with Crippen LogP contribution in [0.1, 0.15) is 13.3 Å². The maximum absolute atomic E-state index is 11.5. The number of H-pyrrole nitrogens is 1. The van der Waals surface area contributed by atoms with Crippen LogP contribution >= 0.6 is 0 Å². The van der Waals surface area contributed by atoms with Gasteiger partial charge in [0, 0.05) is 13.5 Å². The van der Waals surface area contributed by atoms with Crippen LogP contribution in [-0.2, 0) is 4.79 Å². The Morgan fingerprint density at radius 1 is 1.47 bits per heavy atom. The van der Waals surface area contributed by atoms with Crippen molar-refractivity contribution in [1.82, 2.24) is 9.97 Å². The highest BCUT2D eigenvalue weighted by Gasteiger charge is 2.12. The highest BCUT2D eigenvalue weighted by atomic mass is 16.2. The summed E-state index contributed by atoms with van der Waals surface area (Å²) in [6.07, 6.45) is 0.480. The van der Waals surface area contributed by atoms with Gasteiger partial charge in [-0.3, -0.25) is 9.69 Å². The van der Waals surface area contributed by atoms with Gasteiger partial charge in [0.15, 0.2) is 0 Å². The van der Waals surface area contributed by atoms with Gasteiger partial charge in [0.25, 0.3) is 0 Å². The first-order chi connectivity index (χ1) is 7.22. The number of benzene rings is 1. The zero-order valence-corrected chi connectivity index (χ0v) is 8.82. The van der Waals surface area contributed by atoms with Gasteiger partial charge in [-0.05, 0) is 12.1 Å². The molecule has 0 fully saturated rings. The number of hydrogen-bond acceptors (Lipinski definition) is 2. The molecule has 78 valence electrons. The van der Waals surface area contributed by atoms with Crippen LogP contribution in [0.2, 0.25) is 0 Å². The third kappa shape index (κ3) is 1.70. The molecule has 4 nitrogen and oxygen atoms in total. The molecule has 0 aliphatic carbocycles. The number of para-hydroxylation sites is 2. The number of nitrogens with zero attached hydrogens (tertiary/aromatic N) is 2. The first kappa shape index (κ1) is 9.71. The molecule has 2 rings (SSSR count). The van der Waals surface area contributed by atoms with Gasteiger partial charge in [0.05, 0.1) is 11.0 Å². The normalized spacial score (nSPS) is 10.5. The molecule has 0 saturated carbocycles. The Morgan fingerprint density at radius 2 is 2.20 bits per heavy atom. The molecule has 0 aliphatic rings. The molecule has 4 heteroatoms. The fraction of sp³-hybridized carbons (Fsp3) is 0.273. The maximum atomic E-state index is 11.5. The first-order valence-electron chi connectivity index (χ1n) is 4.93. The van der Waals surface area contributed by atoms with Crippen molar-refractivity contribution in [3.63, 3.8) is 0 Å². The van der Waals surface area contributed by atoms with Crippen molar-refractivity contribution >= 4 is 22.9 Å². The van der Waals surface area contributed by atoms with E-state index in [9.17, 15) is 4.79 Å². The van der Waals surface area contributed by atoms with Crippen molar-refractivity contribution in [2.24, 2.45) is 0 Å². The summed E-state index contributed by atoms with van der Waals surface area (Å²) in [5.41, 5.74) is 1.83. The van der Waals surface area contributed by atoms with Crippen LogP contribution in [0.3, 0.4) is 0 Å². The number of aromatic nitrogens is 2. The van der Waals surface area contributed by atoms with Crippen LogP contribution < -0.4 is 4.90 Å². The van der Waals surface area contributed by atoms with Crippen molar-refractivity contribution in [2.75, 3.05) is 11.9 Å². The van der Waals surface area contributed by atoms with E-state index in [0.717, 1.165) is 11.0 Å². The minimum atomic E-state index is 0.0501. The Hall–Kier alpha value is -1.84. The molecule has 0 atom stereocenters. The molecular weight excluding hydrogens is 190 g/mol. The molecule has 15 heavy (non-hydrogen) atoms. The van der Waals surface area contributed by atoms with Crippen LogP contribution in [0.5, 0.6) is 0 Å². The molecule has 0 spiro atoms. The summed E-state index contributed by atoms with van der Waals surface area (Å²) in [6, 6.07) is 7.72. The van der Waals surface area contributed by atoms with E-state index >= 15 is 0 Å². The number of nitrogens with one attached hydrogen (secondary N) is 1. The van der Waals surface area contributed by atoms with Gasteiger partial charge in [-0.2, -0.15) is 0 Å². The van der Waals surface area contributed by atoms with E-state index in [1.165, 1.54) is 0 Å². The highest BCUT2D eigenvalue weighted by molar-refractivity contribution is 5.92. The quantitative estimate of drug-likeness (QED) is 0.810. The third-order valence-corrected chi connectivity index (χ3v) is 2.37. The highest BCUT2D eigenvalue weighted by Crippen LogP contribution is 2.16. The lowest BCUT2D eigenvalue weighted by Gasteiger charge is -2.11. The van der Waals surface area contributed by atoms with Gasteiger partial charge >= 0.3 is 0 Å². The number of hydrogen-bond donors (Lipinski definition) is 1. The Bertz CT molecular complexity index is 456. The Balaban J connectivity index is 2.40. The molecule has 2 aromatic rings. The predicted molar refractivity (Wildman–Crippen MR) is 59.8 cm³/mol. The molecule has 0 bridgehead atoms. The monoisotopic (exact) mass is 203 g/mol. The second kappa shape index (κ2) is 3.73. The van der Waals surface area contributed by atoms with Gasteiger partial charge < -0.3 is 4.98 Å². The van der Waals surface area contributed by atoms with E-state index in [1.54, 1.807) is 11.9 Å². The molecule has 1 N–H and O–H groups in total. The number of carbonyl (C=O) groups excluding carboxylic acids is 1. The van der Waals surface area contributed by atoms with Crippen LogP contribution in [0.25, 0.3) is 11.0 Å². The van der Waals surface area contributed by atoms with Gasteiger partial charge in [0.1, 0.15) is 0 Å². The van der Waals surface area contributed by atoms with Crippen molar-refractivity contribution in [1.29, 1.82) is 0 Å². The summed E-state index contributed by atoms with van der Waals surface area (Å²) in [6.45, 7) is 1.83. The summed E-state index contributed by atoms with van der Waals surface area (Å²) in [4.78, 5) is 20.4. The molecule has 0 radical (unpaired) electrons. The van der Waals surface area contributed by atoms with Crippen molar-refractivity contribution in [3.05, 3.63) is 24.3 Å². The molecule has 1 aromatic carbocycles. The van der Waals surface area contributed by atoms with Crippen LogP contribution in [0, 0.1) is 0 Å². The zero-order valence-electron chi connectivity index (χ0n) is 8.82. The number of fused-ring (bicyclic) bond motifs is 1. The summed E-state index contributed by atoms with van der Waals surface area (Å²) < 4.78 is 0. The number of carbonyl (C=O) groups is 1. The number of aromatic amines is 1. The molecule has 0 unspecified atom stereocenters. The standard InChI is InChI=1S/C11H13N3O/c1-3-10(15)14(2)11-12-8-6-4-5-7-9(8)13-11/h4-7H,3H2,1-2H3,(H,12,13). The molecule has 0 saturated heterocycles. The zero-order chi connectivity index (χ0) is 10.8. The molecule has 1 amide bonds. The number of imidazole rings is 1. The second-order valence-electron chi connectivity index (χ2n) is 3.38. The van der Waals surface area contributed by atoms with Crippen LogP contribution in [-0.4, -0.2) is 22.9 Å². The lowest BCUT2D eigenvalue weighted by Crippen LogP contribution is -2.26. The first-order valence-corrected chi connectivity index (χ1v) is 4.93. The van der Waals surface area contributed by atoms with E-state index in [0.29, 0.717) is 12.4 Å². The van der Waals surface area contributed by atoms with E-state index in [4.69, 9.17) is 0 Å². The lowest BCUT2D eigenvalue weighted by atomic mass is 10.3. The lowest BCUT2D eigenvalue weighted by molar-refractivity contribution is -0.118. The summed E-state index contributed by atoms with van der Waals surface area (Å²) >= 11 is 0. The molecule has 1 aromatic heterocycles. The summed E-state index contributed by atoms with van der Waals surface area (Å²) in [5, 5.41) is 0. The maximum Gasteiger partial charge on any atom is 0.228 e. The smallest absolute Gasteiger partial charge is 0.228 e. The second-order valence-corrected chi connectivity index (χ2v) is 3.38. The Labute approximate surface area is 87.9 Å². The summed E-state index contributed by atoms with van der Waals surface area (Å²) in [5.74, 6) is 0.650. The third-order valence-electron chi connectivity index (χ3n) is 2.37. The largest absolute Gasteiger partial charge is 0.324 e. The Morgan fingerprint density at radius 3 is 2.87 bits per heavy atom. The number of amides is 1. The fourth-order valence-corrected chi connectivity index (χ4v) is 1.45. The number of anilines is 1. The summed E-state index contributed by atoms with van der Waals surface area (Å²) in [7, 11) is 1.73. The molecular formula is C11H13N3O. The van der Waals surface area contributed by atoms with Gasteiger partial charge in [-0.25, -0.2) is 4.98 Å². The Kier molecular flexibility index (Phi) is 2.41. The van der Waals surface area contributed by atoms with Crippen LogP contribution in [0.15, 0.2) is 24.3 Å². The van der Waals surface area contributed by atoms with Gasteiger partial charge in [-0.15, -0.1) is 0 Å². The van der Waals surface area contributed by atoms with Gasteiger partial charge in [0.2, 0.25) is 11.9 Å². The van der Waals surface area contributed by atoms with E-state index in [-0.39, 0.29) is 5.91 Å².